The van der Waals surface area contributed by atoms with Gasteiger partial charge in [-0.15, -0.1) is 16.4 Å². The summed E-state index contributed by atoms with van der Waals surface area (Å²) in [5.41, 5.74) is 4.23. The first-order valence-electron chi connectivity index (χ1n) is 7.68. The third-order valence-electron chi connectivity index (χ3n) is 3.88. The van der Waals surface area contributed by atoms with Crippen LogP contribution in [0.25, 0.3) is 16.5 Å². The second kappa shape index (κ2) is 6.81. The van der Waals surface area contributed by atoms with Crippen molar-refractivity contribution in [2.24, 2.45) is 0 Å². The summed E-state index contributed by atoms with van der Waals surface area (Å²) in [6.45, 7) is 4.16. The Morgan fingerprint density at radius 1 is 1.20 bits per heavy atom. The van der Waals surface area contributed by atoms with Crippen LogP contribution in [0.2, 0.25) is 0 Å². The molecule has 0 aliphatic heterocycles. The average Bonchev–Trinajstić information content (AvgIpc) is 3.36. The topological polar surface area (TPSA) is 69.6 Å². The molecule has 0 amide bonds. The highest BCUT2D eigenvalue weighted by Crippen LogP contribution is 2.27. The van der Waals surface area contributed by atoms with Gasteiger partial charge in [-0.3, -0.25) is 0 Å². The number of hydrogen-bond donors (Lipinski definition) is 0. The van der Waals surface area contributed by atoms with Gasteiger partial charge in [-0.2, -0.15) is 4.68 Å². The number of aryl methyl sites for hydroxylation is 1. The maximum Gasteiger partial charge on any atom is 0.236 e. The van der Waals surface area contributed by atoms with E-state index in [0.29, 0.717) is 11.6 Å². The van der Waals surface area contributed by atoms with Crippen LogP contribution in [0.5, 0.6) is 0 Å². The SMILES string of the molecule is Cc1cccc(-n2nnnc2SCc2coc(-c3cccs3)n2)c1C. The average molecular weight is 369 g/mol. The minimum absolute atomic E-state index is 0.639. The molecule has 4 aromatic rings. The van der Waals surface area contributed by atoms with E-state index in [1.54, 1.807) is 22.3 Å². The van der Waals surface area contributed by atoms with E-state index in [9.17, 15) is 0 Å². The van der Waals surface area contributed by atoms with Gasteiger partial charge in [0.1, 0.15) is 6.26 Å². The minimum Gasteiger partial charge on any atom is -0.444 e. The van der Waals surface area contributed by atoms with E-state index in [-0.39, 0.29) is 0 Å². The van der Waals surface area contributed by atoms with Crippen LogP contribution in [-0.2, 0) is 5.75 Å². The van der Waals surface area contributed by atoms with E-state index in [0.717, 1.165) is 27.0 Å². The molecule has 0 aliphatic rings. The number of benzene rings is 1. The molecule has 0 saturated heterocycles. The minimum atomic E-state index is 0.639. The molecule has 4 rings (SSSR count). The fourth-order valence-electron chi connectivity index (χ4n) is 2.41. The summed E-state index contributed by atoms with van der Waals surface area (Å²) in [5, 5.41) is 14.8. The Morgan fingerprint density at radius 3 is 2.96 bits per heavy atom. The Morgan fingerprint density at radius 2 is 2.12 bits per heavy atom. The fraction of sp³-hybridized carbons (Fsp3) is 0.176. The number of thiophene rings is 1. The van der Waals surface area contributed by atoms with Crippen LogP contribution in [0.1, 0.15) is 16.8 Å². The first-order chi connectivity index (χ1) is 12.2. The molecule has 3 aromatic heterocycles. The van der Waals surface area contributed by atoms with Crippen LogP contribution in [0, 0.1) is 13.8 Å². The van der Waals surface area contributed by atoms with E-state index in [2.05, 4.69) is 40.4 Å². The van der Waals surface area contributed by atoms with Gasteiger partial charge in [0.25, 0.3) is 0 Å². The van der Waals surface area contributed by atoms with Gasteiger partial charge in [-0.25, -0.2) is 4.98 Å². The molecule has 0 atom stereocenters. The first-order valence-corrected chi connectivity index (χ1v) is 9.55. The zero-order valence-corrected chi connectivity index (χ0v) is 15.3. The zero-order valence-electron chi connectivity index (χ0n) is 13.7. The number of oxazole rings is 1. The standard InChI is InChI=1S/C17H15N5OS2/c1-11-5-3-6-14(12(11)2)22-17(19-20-21-22)25-10-13-9-23-16(18-13)15-7-4-8-24-15/h3-9H,10H2,1-2H3. The molecule has 6 nitrogen and oxygen atoms in total. The lowest BCUT2D eigenvalue weighted by Crippen LogP contribution is -2.02. The van der Waals surface area contributed by atoms with Crippen molar-refractivity contribution in [1.82, 2.24) is 25.2 Å². The normalized spacial score (nSPS) is 11.1. The monoisotopic (exact) mass is 369 g/mol. The molecule has 8 heteroatoms. The van der Waals surface area contributed by atoms with Crippen molar-refractivity contribution in [1.29, 1.82) is 0 Å². The summed E-state index contributed by atoms with van der Waals surface area (Å²) in [5.74, 6) is 1.29. The van der Waals surface area contributed by atoms with Crippen LogP contribution in [0.3, 0.4) is 0 Å². The van der Waals surface area contributed by atoms with Gasteiger partial charge < -0.3 is 4.42 Å². The number of rotatable bonds is 5. The number of aromatic nitrogens is 5. The number of hydrogen-bond acceptors (Lipinski definition) is 7. The Balaban J connectivity index is 1.53. The summed E-state index contributed by atoms with van der Waals surface area (Å²) in [6.07, 6.45) is 1.69. The lowest BCUT2D eigenvalue weighted by atomic mass is 10.1. The molecule has 0 saturated carbocycles. The van der Waals surface area contributed by atoms with Crippen molar-refractivity contribution in [3.63, 3.8) is 0 Å². The maximum atomic E-state index is 5.56. The molecule has 0 fully saturated rings. The van der Waals surface area contributed by atoms with E-state index >= 15 is 0 Å². The highest BCUT2D eigenvalue weighted by atomic mass is 32.2. The molecule has 25 heavy (non-hydrogen) atoms. The second-order valence-electron chi connectivity index (χ2n) is 5.50. The summed E-state index contributed by atoms with van der Waals surface area (Å²) in [6, 6.07) is 10.1. The van der Waals surface area contributed by atoms with Gasteiger partial charge in [-0.05, 0) is 52.9 Å². The van der Waals surface area contributed by atoms with E-state index < -0.39 is 0 Å². The highest BCUT2D eigenvalue weighted by molar-refractivity contribution is 7.98. The molecule has 126 valence electrons. The van der Waals surface area contributed by atoms with E-state index in [1.807, 2.05) is 29.6 Å². The Hall–Kier alpha value is -2.45. The molecular formula is C17H15N5OS2. The van der Waals surface area contributed by atoms with Gasteiger partial charge in [-0.1, -0.05) is 30.0 Å². The summed E-state index contributed by atoms with van der Waals surface area (Å²) < 4.78 is 7.33. The van der Waals surface area contributed by atoms with Crippen molar-refractivity contribution < 1.29 is 4.42 Å². The van der Waals surface area contributed by atoms with Crippen molar-refractivity contribution in [3.05, 3.63) is 58.8 Å². The molecule has 1 aromatic carbocycles. The summed E-state index contributed by atoms with van der Waals surface area (Å²) >= 11 is 3.14. The third-order valence-corrected chi connectivity index (χ3v) is 5.69. The fourth-order valence-corrected chi connectivity index (χ4v) is 3.83. The molecule has 0 radical (unpaired) electrons. The Kier molecular flexibility index (Phi) is 4.37. The zero-order chi connectivity index (χ0) is 17.2. The molecule has 0 aliphatic carbocycles. The molecular weight excluding hydrogens is 354 g/mol. The summed E-state index contributed by atoms with van der Waals surface area (Å²) in [4.78, 5) is 5.56. The van der Waals surface area contributed by atoms with Crippen LogP contribution in [-0.4, -0.2) is 25.2 Å². The second-order valence-corrected chi connectivity index (χ2v) is 7.39. The van der Waals surface area contributed by atoms with Gasteiger partial charge in [0.2, 0.25) is 11.0 Å². The molecule has 0 N–H and O–H groups in total. The molecule has 0 unspecified atom stereocenters. The van der Waals surface area contributed by atoms with Crippen LogP contribution in [0.15, 0.2) is 51.5 Å². The molecule has 0 bridgehead atoms. The van der Waals surface area contributed by atoms with Gasteiger partial charge in [0, 0.05) is 5.75 Å². The third kappa shape index (κ3) is 3.22. The van der Waals surface area contributed by atoms with Crippen molar-refractivity contribution in [2.45, 2.75) is 24.8 Å². The highest BCUT2D eigenvalue weighted by Gasteiger charge is 2.14. The number of thioether (sulfide) groups is 1. The molecule has 3 heterocycles. The van der Waals surface area contributed by atoms with Crippen LogP contribution in [0.4, 0.5) is 0 Å². The van der Waals surface area contributed by atoms with Crippen molar-refractivity contribution in [3.8, 4) is 16.5 Å². The quantitative estimate of drug-likeness (QED) is 0.489. The van der Waals surface area contributed by atoms with E-state index in [1.165, 1.54) is 17.3 Å². The van der Waals surface area contributed by atoms with Gasteiger partial charge in [0.15, 0.2) is 0 Å². The largest absolute Gasteiger partial charge is 0.444 e. The summed E-state index contributed by atoms with van der Waals surface area (Å²) in [7, 11) is 0. The first kappa shape index (κ1) is 16.0. The van der Waals surface area contributed by atoms with Crippen LogP contribution < -0.4 is 0 Å². The van der Waals surface area contributed by atoms with Crippen LogP contribution >= 0.6 is 23.1 Å². The van der Waals surface area contributed by atoms with Crippen molar-refractivity contribution >= 4 is 23.1 Å². The van der Waals surface area contributed by atoms with E-state index in [4.69, 9.17) is 4.42 Å². The van der Waals surface area contributed by atoms with Gasteiger partial charge >= 0.3 is 0 Å². The predicted molar refractivity (Wildman–Crippen MR) is 98.0 cm³/mol. The Bertz CT molecular complexity index is 990. The maximum absolute atomic E-state index is 5.56. The lowest BCUT2D eigenvalue weighted by molar-refractivity contribution is 0.575. The lowest BCUT2D eigenvalue weighted by Gasteiger charge is -2.09. The number of nitrogens with zero attached hydrogens (tertiary/aromatic N) is 5. The smallest absolute Gasteiger partial charge is 0.236 e. The van der Waals surface area contributed by atoms with Crippen molar-refractivity contribution in [2.75, 3.05) is 0 Å². The number of tetrazole rings is 1. The van der Waals surface area contributed by atoms with Gasteiger partial charge in [0.05, 0.1) is 16.3 Å². The molecule has 0 spiro atoms. The Labute approximate surface area is 152 Å². The predicted octanol–water partition coefficient (Wildman–Crippen LogP) is 4.29.